The van der Waals surface area contributed by atoms with Gasteiger partial charge in [0.2, 0.25) is 0 Å². The van der Waals surface area contributed by atoms with Gasteiger partial charge in [0.25, 0.3) is 15.9 Å². The monoisotopic (exact) mass is 2040 g/mol. The van der Waals surface area contributed by atoms with Crippen molar-refractivity contribution in [3.05, 3.63) is 17.5 Å². The molecule has 16 aliphatic rings. The van der Waals surface area contributed by atoms with Crippen LogP contribution in [-0.4, -0.2) is 398 Å². The number of alkyl halides is 2. The highest BCUT2D eigenvalue weighted by molar-refractivity contribution is 7.89. The lowest BCUT2D eigenvalue weighted by Gasteiger charge is -2.51. The van der Waals surface area contributed by atoms with Gasteiger partial charge in [-0.05, 0) is 506 Å². The van der Waals surface area contributed by atoms with Crippen molar-refractivity contribution < 1.29 is 36.9 Å². The average molecular weight is 2050 g/mol. The molecule has 14 saturated heterocycles. The van der Waals surface area contributed by atoms with Crippen LogP contribution >= 0.6 is 0 Å². The third-order valence-electron chi connectivity index (χ3n) is 35.6. The molecule has 0 radical (unpaired) electrons. The third kappa shape index (κ3) is 44.2. The summed E-state index contributed by atoms with van der Waals surface area (Å²) in [7, 11) is 7.49. The Morgan fingerprint density at radius 1 is 0.392 bits per heavy atom. The Morgan fingerprint density at radius 2 is 0.727 bits per heavy atom. The maximum atomic E-state index is 12.7. The molecule has 0 unspecified atom stereocenters. The fourth-order valence-corrected chi connectivity index (χ4v) is 24.3. The summed E-state index contributed by atoms with van der Waals surface area (Å²) in [6.45, 7) is 109. The van der Waals surface area contributed by atoms with Crippen molar-refractivity contribution in [3.63, 3.8) is 0 Å². The van der Waals surface area contributed by atoms with Gasteiger partial charge in [-0.2, -0.15) is 9.19 Å². The van der Waals surface area contributed by atoms with Crippen LogP contribution in [0.1, 0.15) is 421 Å². The molecule has 2 N–H and O–H groups in total. The summed E-state index contributed by atoms with van der Waals surface area (Å²) in [6.07, 6.45) is 34.1. The van der Waals surface area contributed by atoms with Gasteiger partial charge in [0, 0.05) is 210 Å². The number of aliphatic hydroxyl groups is 2. The number of aromatic nitrogens is 2. The molecule has 17 rings (SSSR count). The smallest absolute Gasteiger partial charge is 0.250 e. The normalized spacial score (nSPS) is 26.0. The predicted molar refractivity (Wildman–Crippen MR) is 605 cm³/mol. The van der Waals surface area contributed by atoms with Crippen LogP contribution in [0.3, 0.4) is 0 Å². The van der Waals surface area contributed by atoms with Crippen molar-refractivity contribution in [2.45, 2.75) is 519 Å². The molecule has 0 atom stereocenters. The number of hydrogen-bond donors (Lipinski definition) is 2. The van der Waals surface area contributed by atoms with Crippen molar-refractivity contribution in [2.75, 3.05) is 205 Å². The van der Waals surface area contributed by atoms with E-state index in [1.807, 2.05) is 14.0 Å². The number of methoxy groups -OCH3 is 1. The van der Waals surface area contributed by atoms with Crippen LogP contribution < -0.4 is 0 Å². The summed E-state index contributed by atoms with van der Waals surface area (Å²) < 4.78 is 60.2. The topological polar surface area (TPSA) is 156 Å². The summed E-state index contributed by atoms with van der Waals surface area (Å²) >= 11 is 0. The van der Waals surface area contributed by atoms with E-state index >= 15 is 0 Å². The minimum absolute atomic E-state index is 0.0181. The van der Waals surface area contributed by atoms with Gasteiger partial charge < -0.3 is 34.4 Å². The molecule has 22 nitrogen and oxygen atoms in total. The Bertz CT molecular complexity index is 3760. The number of fused-ring (bicyclic) bond motifs is 4. The Labute approximate surface area is 883 Å². The lowest BCUT2D eigenvalue weighted by Crippen LogP contribution is -2.56. The van der Waals surface area contributed by atoms with Gasteiger partial charge in [-0.3, -0.25) is 53.9 Å². The Kier molecular flexibility index (Phi) is 48.3. The molecule has 25 heteroatoms. The van der Waals surface area contributed by atoms with E-state index in [-0.39, 0.29) is 46.7 Å². The van der Waals surface area contributed by atoms with Gasteiger partial charge in [0.05, 0.1) is 35.9 Å². The molecule has 0 aromatic carbocycles. The number of halogens is 2. The number of rotatable bonds is 3. The highest BCUT2D eigenvalue weighted by atomic mass is 32.2. The fraction of sp³-hybridized carbons (Fsp3) is 0.975. The molecule has 143 heavy (non-hydrogen) atoms. The Hall–Kier alpha value is -1.70. The first-order valence-electron chi connectivity index (χ1n) is 57.6. The number of nitrogens with zero attached hydrogens (tertiary/aromatic N) is 16. The van der Waals surface area contributed by atoms with E-state index in [1.54, 1.807) is 6.20 Å². The van der Waals surface area contributed by atoms with Crippen LogP contribution in [0.25, 0.3) is 0 Å². The Morgan fingerprint density at radius 3 is 1.04 bits per heavy atom. The van der Waals surface area contributed by atoms with Crippen molar-refractivity contribution in [2.24, 2.45) is 22.2 Å². The minimum Gasteiger partial charge on any atom is -0.393 e. The van der Waals surface area contributed by atoms with Gasteiger partial charge in [0.15, 0.2) is 0 Å². The maximum Gasteiger partial charge on any atom is 0.250 e. The van der Waals surface area contributed by atoms with Crippen LogP contribution in [-0.2, 0) is 32.6 Å². The van der Waals surface area contributed by atoms with Gasteiger partial charge in [-0.15, -0.1) is 0 Å². The van der Waals surface area contributed by atoms with Crippen molar-refractivity contribution >= 4 is 10.0 Å². The van der Waals surface area contributed by atoms with E-state index in [2.05, 4.69) is 337 Å². The maximum absolute atomic E-state index is 12.7. The van der Waals surface area contributed by atoms with Gasteiger partial charge in [0.1, 0.15) is 0 Å². The largest absolute Gasteiger partial charge is 0.393 e. The molecule has 0 amide bonds. The zero-order valence-corrected chi connectivity index (χ0v) is 103. The predicted octanol–water partition coefficient (Wildman–Crippen LogP) is 21.9. The van der Waals surface area contributed by atoms with Crippen LogP contribution in [0.4, 0.5) is 8.78 Å². The van der Waals surface area contributed by atoms with E-state index in [4.69, 9.17) is 9.47 Å². The van der Waals surface area contributed by atoms with Gasteiger partial charge in [-0.1, -0.05) is 6.42 Å². The van der Waals surface area contributed by atoms with Crippen LogP contribution in [0.2, 0.25) is 0 Å². The van der Waals surface area contributed by atoms with Crippen molar-refractivity contribution in [1.29, 1.82) is 0 Å². The molecule has 15 aliphatic heterocycles. The molecule has 844 valence electrons. The van der Waals surface area contributed by atoms with E-state index in [1.165, 1.54) is 214 Å². The SMILES string of the molecule is CC(C)(C)N1CC2CCC1CC2.CC(C)(C)N1CCC(F)(F)CC1.CC(C)(C)N1CCC(O)CC1.CC(C)(C)N1CCC2(CCOC2)CC1.CC(C)(C)N1CCCCC1.CC(C)(C)N1Cc2cn(S(C)(=O)=O)nc2C1.CC1(O)CCN(C(C)(C)C)CC1.CN(C)C1CCN(C(C)(C)C)CC1.CN1CCC2(CC1)CCN(C(C)(C)C)C2.CN1CCC2(CCN(C(C)(C)C)CC2)C1.COC1(C)CCN(C(C)(C)C)CC1. The molecule has 2 bridgehead atoms. The van der Waals surface area contributed by atoms with Gasteiger partial charge in [-0.25, -0.2) is 17.2 Å². The molecule has 3 spiro atoms. The lowest BCUT2D eigenvalue weighted by molar-refractivity contribution is -0.0713. The number of piperidine rings is 11. The summed E-state index contributed by atoms with van der Waals surface area (Å²) in [5.74, 6) is -1.39. The number of hydrogen-bond acceptors (Lipinski definition) is 21. The molecule has 15 fully saturated rings. The standard InChI is InChI=1S/2C13H26N2.C12H23NO.C11H24N2.C11H23NO.C11H21N.C10H17N3O2S.C10H21NO.C9H17F2N.C9H19NO.C9H19N/c1-12(2,3)15-9-6-13(7-10-15)5-8-14(4)11-13;1-12(2,3)15-10-7-13(11-15)5-8-14(4)9-6-13;1-11(2,3)13-7-4-12(5-8-13)6-9-14-10-12;1-11(2,3)13-8-6-10(7-9-13)12(4)5;1-10(2,3)12-8-6-11(4,13-5)7-9-12;1-11(2,3)12-8-9-4-6-10(12)7-5-9;1-10(2,3)12-5-8-6-13(16(4,14)15)11-9(8)7-12;1-9(2,3)11-7-5-10(4,12)6-8-11;1-8(2,3)12-6-4-9(10,11)5-7-12;1-9(2,3)10-6-4-8(11)5-7-10;1-9(2,3)10-7-5-4-6-8-10/h2*5-11H2,1-4H3;4-10H2,1-3H3;10H,6-9H2,1-5H3;6-9H2,1-5H3;9-10H,4-8H2,1-3H3;6H,5,7H2,1-4H3;12H,5-8H2,1-4H3;4-7H2,1-3H3;8,11H,4-7H2,1-3H3;4-8H2,1-3H3. The summed E-state index contributed by atoms with van der Waals surface area (Å²) in [5.41, 5.74) is 6.73. The molecule has 1 saturated carbocycles. The molecular weight excluding hydrogens is 1810 g/mol. The van der Waals surface area contributed by atoms with Crippen LogP contribution in [0.5, 0.6) is 0 Å². The quantitative estimate of drug-likeness (QED) is 0.294. The first kappa shape index (κ1) is 130. The van der Waals surface area contributed by atoms with Crippen LogP contribution in [0, 0.1) is 22.2 Å². The number of ether oxygens (including phenoxy) is 2. The van der Waals surface area contributed by atoms with E-state index in [9.17, 15) is 27.4 Å². The van der Waals surface area contributed by atoms with E-state index in [0.29, 0.717) is 68.1 Å². The molecule has 1 aromatic heterocycles. The zero-order valence-electron chi connectivity index (χ0n) is 102. The second-order valence-corrected chi connectivity index (χ2v) is 60.8. The lowest BCUT2D eigenvalue weighted by atomic mass is 9.77. The minimum atomic E-state index is -3.25. The zero-order chi connectivity index (χ0) is 108. The number of aliphatic hydroxyl groups excluding tert-OH is 1. The summed E-state index contributed by atoms with van der Waals surface area (Å²) in [6, 6.07) is 1.72. The first-order chi connectivity index (χ1) is 65.1. The van der Waals surface area contributed by atoms with Crippen molar-refractivity contribution in [1.82, 2.24) is 77.8 Å². The molecule has 1 aliphatic carbocycles. The van der Waals surface area contributed by atoms with Gasteiger partial charge >= 0.3 is 0 Å². The Balaban J connectivity index is 0.000000241. The highest BCUT2D eigenvalue weighted by Crippen LogP contribution is 2.46. The molecule has 1 aromatic rings. The second-order valence-electron chi connectivity index (χ2n) is 59.0. The van der Waals surface area contributed by atoms with Crippen LogP contribution in [0.15, 0.2) is 6.20 Å². The van der Waals surface area contributed by atoms with E-state index < -0.39 is 21.5 Å². The second kappa shape index (κ2) is 53.2. The fourth-order valence-electron chi connectivity index (χ4n) is 23.8. The first-order valence-corrected chi connectivity index (χ1v) is 59.5. The number of likely N-dealkylation sites (tertiary alicyclic amines) is 11. The molecular formula is C118H236F2N16O6S. The third-order valence-corrected chi connectivity index (χ3v) is 36.4. The highest BCUT2D eigenvalue weighted by Gasteiger charge is 2.47. The molecule has 16 heterocycles. The summed E-state index contributed by atoms with van der Waals surface area (Å²) in [4.78, 5) is 35.0. The average Bonchev–Trinajstić information content (AvgIpc) is 1.61. The van der Waals surface area contributed by atoms with E-state index in [0.717, 1.165) is 144 Å². The summed E-state index contributed by atoms with van der Waals surface area (Å²) in [5, 5.41) is 23.1. The van der Waals surface area contributed by atoms with Crippen molar-refractivity contribution in [3.8, 4) is 0 Å².